The van der Waals surface area contributed by atoms with Gasteiger partial charge in [0.1, 0.15) is 17.3 Å². The van der Waals surface area contributed by atoms with E-state index < -0.39 is 27.0 Å². The van der Waals surface area contributed by atoms with E-state index in [1.54, 1.807) is 24.3 Å². The molecular formula is C29H28Cl2FN3O5S. The van der Waals surface area contributed by atoms with Crippen LogP contribution in [0.25, 0.3) is 11.3 Å². The van der Waals surface area contributed by atoms with E-state index in [2.05, 4.69) is 10.1 Å². The van der Waals surface area contributed by atoms with Crippen molar-refractivity contribution >= 4 is 44.8 Å². The molecule has 3 aliphatic carbocycles. The van der Waals surface area contributed by atoms with Gasteiger partial charge in [0.15, 0.2) is 0 Å². The number of carbonyl (C=O) groups excluding carboxylic acids is 1. The van der Waals surface area contributed by atoms with Crippen LogP contribution in [0.5, 0.6) is 0 Å². The van der Waals surface area contributed by atoms with E-state index in [9.17, 15) is 17.6 Å². The highest BCUT2D eigenvalue weighted by Gasteiger charge is 2.46. The molecule has 4 aliphatic rings. The zero-order valence-electron chi connectivity index (χ0n) is 22.0. The maximum Gasteiger partial charge on any atom is 0.267 e. The molecule has 1 amide bonds. The normalized spacial score (nSPS) is 23.8. The third-order valence-electron chi connectivity index (χ3n) is 8.61. The molecule has 4 fully saturated rings. The van der Waals surface area contributed by atoms with E-state index in [4.69, 9.17) is 32.5 Å². The van der Waals surface area contributed by atoms with Crippen molar-refractivity contribution < 1.29 is 26.9 Å². The van der Waals surface area contributed by atoms with Crippen LogP contribution in [0.15, 0.2) is 40.9 Å². The zero-order valence-corrected chi connectivity index (χ0v) is 24.3. The van der Waals surface area contributed by atoms with Crippen LogP contribution in [-0.2, 0) is 21.4 Å². The molecule has 0 radical (unpaired) electrons. The molecular weight excluding hydrogens is 592 g/mol. The number of sulfonamides is 1. The summed E-state index contributed by atoms with van der Waals surface area (Å²) in [5.41, 5.74) is 2.55. The molecule has 7 rings (SSSR count). The molecule has 1 N–H and O–H groups in total. The Morgan fingerprint density at radius 3 is 2.51 bits per heavy atom. The lowest BCUT2D eigenvalue weighted by molar-refractivity contribution is 0.0122. The third-order valence-corrected chi connectivity index (χ3v) is 11.1. The van der Waals surface area contributed by atoms with E-state index in [-0.39, 0.29) is 23.6 Å². The average molecular weight is 621 g/mol. The van der Waals surface area contributed by atoms with Crippen LogP contribution in [0.4, 0.5) is 10.1 Å². The van der Waals surface area contributed by atoms with Crippen LogP contribution in [-0.4, -0.2) is 43.4 Å². The van der Waals surface area contributed by atoms with Crippen LogP contribution in [0, 0.1) is 11.7 Å². The number of ether oxygens (including phenoxy) is 1. The van der Waals surface area contributed by atoms with Crippen LogP contribution < -0.4 is 9.62 Å². The van der Waals surface area contributed by atoms with Gasteiger partial charge in [-0.25, -0.2) is 17.5 Å². The molecule has 1 aliphatic heterocycles. The topological polar surface area (TPSA) is 102 Å². The van der Waals surface area contributed by atoms with Crippen molar-refractivity contribution in [3.05, 3.63) is 69.1 Å². The SMILES string of the molecule is O=C(NS(=O)(=O)C1CC1)c1ccc(N2C[C@@H]3C[C@H]2C[C@H]3OCc2c(-c3c(Cl)cccc3Cl)noc2C2CC2)cc1F. The molecule has 12 heteroatoms. The number of aromatic nitrogens is 1. The van der Waals surface area contributed by atoms with Gasteiger partial charge in [-0.2, -0.15) is 0 Å². The molecule has 1 saturated heterocycles. The molecule has 2 heterocycles. The molecule has 3 atom stereocenters. The first kappa shape index (κ1) is 27.2. The first-order valence-electron chi connectivity index (χ1n) is 13.9. The first-order valence-corrected chi connectivity index (χ1v) is 16.2. The average Bonchev–Trinajstić information content (AvgIpc) is 3.85. The minimum atomic E-state index is -3.75. The molecule has 0 spiro atoms. The number of fused-ring (bicyclic) bond motifs is 2. The van der Waals surface area contributed by atoms with Crippen LogP contribution in [0.1, 0.15) is 66.1 Å². The maximum atomic E-state index is 14.9. The zero-order chi connectivity index (χ0) is 28.5. The molecule has 1 aromatic heterocycles. The number of anilines is 1. The van der Waals surface area contributed by atoms with Crippen molar-refractivity contribution in [1.29, 1.82) is 0 Å². The summed E-state index contributed by atoms with van der Waals surface area (Å²) in [6.07, 6.45) is 4.85. The van der Waals surface area contributed by atoms with Crippen LogP contribution >= 0.6 is 23.2 Å². The predicted octanol–water partition coefficient (Wildman–Crippen LogP) is 6.07. The largest absolute Gasteiger partial charge is 0.373 e. The standard InChI is InChI=1S/C29H28Cl2FN3O5S/c30-22-2-1-3-23(31)26(22)27-21(28(40-33-27)15-4-5-15)14-39-25-12-18-10-16(25)13-35(18)17-6-9-20(24(32)11-17)29(36)34-41(37,38)19-7-8-19/h1-3,6,9,11,15-16,18-19,25H,4-5,7-8,10,12-14H2,(H,34,36)/t16-,18-,25+/m0/s1. The van der Waals surface area contributed by atoms with Gasteiger partial charge in [-0.15, -0.1) is 0 Å². The summed E-state index contributed by atoms with van der Waals surface area (Å²) >= 11 is 13.0. The van der Waals surface area contributed by atoms with Crippen LogP contribution in [0.2, 0.25) is 10.0 Å². The van der Waals surface area contributed by atoms with E-state index >= 15 is 0 Å². The summed E-state index contributed by atoms with van der Waals surface area (Å²) in [5.74, 6) is -0.251. The fraction of sp³-hybridized carbons (Fsp3) is 0.448. The summed E-state index contributed by atoms with van der Waals surface area (Å²) in [6.45, 7) is 1.03. The Morgan fingerprint density at radius 2 is 1.88 bits per heavy atom. The third kappa shape index (κ3) is 5.13. The second-order valence-electron chi connectivity index (χ2n) is 11.5. The molecule has 41 heavy (non-hydrogen) atoms. The number of hydrogen-bond acceptors (Lipinski definition) is 7. The Hall–Kier alpha value is -2.66. The second-order valence-corrected chi connectivity index (χ2v) is 14.2. The van der Waals surface area contributed by atoms with Crippen molar-refractivity contribution in [2.24, 2.45) is 5.92 Å². The van der Waals surface area contributed by atoms with Gasteiger partial charge in [0, 0.05) is 41.2 Å². The lowest BCUT2D eigenvalue weighted by Gasteiger charge is -2.33. The smallest absolute Gasteiger partial charge is 0.267 e. The number of carbonyl (C=O) groups is 1. The highest BCUT2D eigenvalue weighted by atomic mass is 35.5. The first-order chi connectivity index (χ1) is 19.7. The lowest BCUT2D eigenvalue weighted by Crippen LogP contribution is -2.38. The molecule has 0 unspecified atom stereocenters. The van der Waals surface area contributed by atoms with Crippen molar-refractivity contribution in [2.75, 3.05) is 11.4 Å². The summed E-state index contributed by atoms with van der Waals surface area (Å²) < 4.78 is 53.4. The quantitative estimate of drug-likeness (QED) is 0.310. The van der Waals surface area contributed by atoms with Gasteiger partial charge in [0.2, 0.25) is 10.0 Å². The highest BCUT2D eigenvalue weighted by Crippen LogP contribution is 2.47. The molecule has 2 aromatic carbocycles. The molecule has 8 nitrogen and oxygen atoms in total. The minimum absolute atomic E-state index is 0.0234. The summed E-state index contributed by atoms with van der Waals surface area (Å²) in [6, 6.07) is 9.87. The fourth-order valence-corrected chi connectivity index (χ4v) is 8.05. The number of amides is 1. The van der Waals surface area contributed by atoms with Crippen molar-refractivity contribution in [1.82, 2.24) is 9.88 Å². The van der Waals surface area contributed by atoms with Gasteiger partial charge in [0.05, 0.1) is 33.6 Å². The second kappa shape index (κ2) is 10.3. The van der Waals surface area contributed by atoms with E-state index in [1.165, 1.54) is 12.1 Å². The van der Waals surface area contributed by atoms with Crippen molar-refractivity contribution in [3.63, 3.8) is 0 Å². The lowest BCUT2D eigenvalue weighted by atomic mass is 10.0. The van der Waals surface area contributed by atoms with Crippen LogP contribution in [0.3, 0.4) is 0 Å². The molecule has 2 bridgehead atoms. The maximum absolute atomic E-state index is 14.9. The van der Waals surface area contributed by atoms with Crippen molar-refractivity contribution in [2.45, 2.75) is 68.4 Å². The predicted molar refractivity (Wildman–Crippen MR) is 152 cm³/mol. The van der Waals surface area contributed by atoms with Gasteiger partial charge in [-0.1, -0.05) is 34.4 Å². The van der Waals surface area contributed by atoms with Gasteiger partial charge >= 0.3 is 0 Å². The van der Waals surface area contributed by atoms with Gasteiger partial charge < -0.3 is 14.2 Å². The monoisotopic (exact) mass is 619 g/mol. The van der Waals surface area contributed by atoms with Gasteiger partial charge in [0.25, 0.3) is 5.91 Å². The molecule has 216 valence electrons. The number of benzene rings is 2. The summed E-state index contributed by atoms with van der Waals surface area (Å²) in [4.78, 5) is 14.6. The Morgan fingerprint density at radius 1 is 1.12 bits per heavy atom. The Labute approximate surface area is 247 Å². The summed E-state index contributed by atoms with van der Waals surface area (Å²) in [5, 5.41) is 4.79. The number of nitrogens with zero attached hydrogens (tertiary/aromatic N) is 2. The van der Waals surface area contributed by atoms with E-state index in [0.29, 0.717) is 58.9 Å². The molecule has 3 aromatic rings. The van der Waals surface area contributed by atoms with E-state index in [1.807, 2.05) is 4.72 Å². The number of halogens is 3. The number of piperidine rings is 1. The minimum Gasteiger partial charge on any atom is -0.373 e. The van der Waals surface area contributed by atoms with Gasteiger partial charge in [-0.05, 0) is 68.9 Å². The molecule has 3 saturated carbocycles. The number of hydrogen-bond donors (Lipinski definition) is 1. The van der Waals surface area contributed by atoms with Crippen molar-refractivity contribution in [3.8, 4) is 11.3 Å². The van der Waals surface area contributed by atoms with Gasteiger partial charge in [-0.3, -0.25) is 4.79 Å². The fourth-order valence-electron chi connectivity index (χ4n) is 6.18. The number of rotatable bonds is 9. The Kier molecular flexibility index (Phi) is 6.80. The Balaban J connectivity index is 1.03. The number of nitrogens with one attached hydrogen (secondary N) is 1. The highest BCUT2D eigenvalue weighted by molar-refractivity contribution is 7.91. The summed E-state index contributed by atoms with van der Waals surface area (Å²) in [7, 11) is -3.75. The Bertz CT molecular complexity index is 1620. The van der Waals surface area contributed by atoms with E-state index in [0.717, 1.165) is 37.0 Å².